The highest BCUT2D eigenvalue weighted by molar-refractivity contribution is 6.74. The Hall–Kier alpha value is -0.476. The van der Waals surface area contributed by atoms with Gasteiger partial charge in [-0.25, -0.2) is 0 Å². The Bertz CT molecular complexity index is 587. The van der Waals surface area contributed by atoms with Crippen molar-refractivity contribution in [3.05, 3.63) is 12.2 Å². The van der Waals surface area contributed by atoms with Gasteiger partial charge in [0.15, 0.2) is 16.6 Å². The minimum atomic E-state index is -2.16. The number of aliphatic hydroxyl groups excluding tert-OH is 1. The second-order valence-corrected chi connectivity index (χ2v) is 21.0. The van der Waals surface area contributed by atoms with E-state index in [0.29, 0.717) is 6.42 Å². The number of rotatable bonds is 4. The van der Waals surface area contributed by atoms with Gasteiger partial charge in [-0.15, -0.1) is 0 Å². The van der Waals surface area contributed by atoms with Crippen LogP contribution in [0.4, 0.5) is 0 Å². The molecule has 0 aromatic heterocycles. The largest absolute Gasteiger partial charge is 0.462 e. The van der Waals surface area contributed by atoms with Crippen molar-refractivity contribution in [3.63, 3.8) is 0 Å². The number of ether oxygens (including phenoxy) is 1. The van der Waals surface area contributed by atoms with Crippen LogP contribution in [0.25, 0.3) is 0 Å². The molecule has 7 heteroatoms. The summed E-state index contributed by atoms with van der Waals surface area (Å²) in [4.78, 5) is 12.6. The maximum Gasteiger partial charge on any atom is 0.308 e. The van der Waals surface area contributed by atoms with E-state index in [1.165, 1.54) is 0 Å². The molecule has 5 nitrogen and oxygen atoms in total. The van der Waals surface area contributed by atoms with Gasteiger partial charge in [-0.05, 0) is 43.2 Å². The molecule has 1 aliphatic rings. The van der Waals surface area contributed by atoms with Crippen molar-refractivity contribution in [2.45, 2.75) is 122 Å². The number of hydrogen-bond acceptors (Lipinski definition) is 5. The van der Waals surface area contributed by atoms with Crippen LogP contribution in [-0.4, -0.2) is 52.1 Å². The molecule has 1 rings (SSSR count). The van der Waals surface area contributed by atoms with Gasteiger partial charge in [0, 0.05) is 6.42 Å². The predicted molar refractivity (Wildman–Crippen MR) is 124 cm³/mol. The summed E-state index contributed by atoms with van der Waals surface area (Å²) in [6, 6.07) is 0. The van der Waals surface area contributed by atoms with Gasteiger partial charge in [0.1, 0.15) is 6.10 Å². The summed E-state index contributed by atoms with van der Waals surface area (Å²) in [5.41, 5.74) is 0. The zero-order valence-electron chi connectivity index (χ0n) is 20.5. The van der Waals surface area contributed by atoms with Crippen molar-refractivity contribution < 1.29 is 23.5 Å². The van der Waals surface area contributed by atoms with Gasteiger partial charge in [0.25, 0.3) is 0 Å². The molecule has 1 N–H and O–H groups in total. The van der Waals surface area contributed by atoms with E-state index in [-0.39, 0.29) is 28.6 Å². The molecule has 29 heavy (non-hydrogen) atoms. The second-order valence-electron chi connectivity index (χ2n) is 11.5. The van der Waals surface area contributed by atoms with Gasteiger partial charge in [0.2, 0.25) is 0 Å². The smallest absolute Gasteiger partial charge is 0.308 e. The minimum Gasteiger partial charge on any atom is -0.462 e. The molecular weight excluding hydrogens is 400 g/mol. The monoisotopic (exact) mass is 444 g/mol. The number of aliphatic hydroxyl groups is 1. The lowest BCUT2D eigenvalue weighted by molar-refractivity contribution is -0.152. The van der Waals surface area contributed by atoms with E-state index in [2.05, 4.69) is 67.7 Å². The third-order valence-corrected chi connectivity index (χ3v) is 15.6. The third kappa shape index (κ3) is 7.62. The lowest BCUT2D eigenvalue weighted by Crippen LogP contribution is -2.52. The molecule has 1 heterocycles. The van der Waals surface area contributed by atoms with E-state index in [1.54, 1.807) is 6.08 Å². The molecule has 0 aromatic rings. The Morgan fingerprint density at radius 3 is 1.93 bits per heavy atom. The van der Waals surface area contributed by atoms with E-state index in [9.17, 15) is 9.90 Å². The number of carbonyl (C=O) groups is 1. The third-order valence-electron chi connectivity index (χ3n) is 6.65. The van der Waals surface area contributed by atoms with E-state index >= 15 is 0 Å². The lowest BCUT2D eigenvalue weighted by atomic mass is 10.1. The number of cyclic esters (lactones) is 1. The molecule has 0 saturated carbocycles. The molecule has 0 unspecified atom stereocenters. The Morgan fingerprint density at radius 1 is 0.966 bits per heavy atom. The van der Waals surface area contributed by atoms with Crippen molar-refractivity contribution in [3.8, 4) is 0 Å². The molecule has 0 bridgehead atoms. The van der Waals surface area contributed by atoms with E-state index in [1.807, 2.05) is 13.0 Å². The standard InChI is InChI=1S/C22H44O5Si2/c1-16-14-17(23)12-13-18(26-28(8,9)21(2,3)4)19(15-20(24)25-16)27-29(10,11)22(5,6)7/h12-13,16-19,23H,14-15H2,1-11H3/b13-12+/t16-,17-,18-,19-/m0/s1. The maximum atomic E-state index is 12.6. The van der Waals surface area contributed by atoms with Crippen LogP contribution in [0.1, 0.15) is 61.3 Å². The van der Waals surface area contributed by atoms with Crippen LogP contribution < -0.4 is 0 Å². The van der Waals surface area contributed by atoms with Crippen LogP contribution in [-0.2, 0) is 18.4 Å². The second kappa shape index (κ2) is 9.34. The minimum absolute atomic E-state index is 0.00423. The van der Waals surface area contributed by atoms with Crippen molar-refractivity contribution in [2.24, 2.45) is 0 Å². The van der Waals surface area contributed by atoms with E-state index < -0.39 is 34.9 Å². The number of esters is 1. The summed E-state index contributed by atoms with van der Waals surface area (Å²) in [5.74, 6) is -0.299. The number of hydrogen-bond donors (Lipinski definition) is 1. The molecule has 0 saturated heterocycles. The van der Waals surface area contributed by atoms with Crippen LogP contribution in [0, 0.1) is 0 Å². The summed E-state index contributed by atoms with van der Waals surface area (Å²) in [7, 11) is -4.29. The van der Waals surface area contributed by atoms with Gasteiger partial charge < -0.3 is 18.7 Å². The molecule has 4 atom stereocenters. The number of carbonyl (C=O) groups excluding carboxylic acids is 1. The summed E-state index contributed by atoms with van der Waals surface area (Å²) in [6.45, 7) is 23.7. The SMILES string of the molecule is C[C@H]1C[C@@H](O)/C=C/[C@H](O[Si](C)(C)C(C)(C)C)[C@@H](O[Si](C)(C)C(C)(C)C)CC(=O)O1. The summed E-state index contributed by atoms with van der Waals surface area (Å²) in [6.07, 6.45) is 2.35. The summed E-state index contributed by atoms with van der Waals surface area (Å²) < 4.78 is 18.9. The first kappa shape index (κ1) is 26.6. The van der Waals surface area contributed by atoms with Crippen LogP contribution >= 0.6 is 0 Å². The summed E-state index contributed by atoms with van der Waals surface area (Å²) >= 11 is 0. The highest BCUT2D eigenvalue weighted by Gasteiger charge is 2.45. The first-order valence-corrected chi connectivity index (χ1v) is 16.6. The van der Waals surface area contributed by atoms with Gasteiger partial charge in [-0.1, -0.05) is 53.7 Å². The zero-order valence-corrected chi connectivity index (χ0v) is 22.5. The molecule has 170 valence electrons. The Morgan fingerprint density at radius 2 is 1.45 bits per heavy atom. The van der Waals surface area contributed by atoms with Crippen LogP contribution in [0.2, 0.25) is 36.3 Å². The fourth-order valence-corrected chi connectivity index (χ4v) is 5.27. The van der Waals surface area contributed by atoms with Gasteiger partial charge in [0.05, 0.1) is 24.7 Å². The molecule has 0 radical (unpaired) electrons. The maximum absolute atomic E-state index is 12.6. The van der Waals surface area contributed by atoms with E-state index in [4.69, 9.17) is 13.6 Å². The van der Waals surface area contributed by atoms with Gasteiger partial charge in [-0.2, -0.15) is 0 Å². The molecule has 0 spiro atoms. The van der Waals surface area contributed by atoms with Crippen molar-refractivity contribution in [2.75, 3.05) is 0 Å². The molecule has 0 aliphatic carbocycles. The zero-order chi connectivity index (χ0) is 22.8. The van der Waals surface area contributed by atoms with Gasteiger partial charge in [-0.3, -0.25) is 4.79 Å². The first-order chi connectivity index (χ1) is 12.9. The molecule has 0 fully saturated rings. The first-order valence-electron chi connectivity index (χ1n) is 10.8. The fraction of sp³-hybridized carbons (Fsp3) is 0.864. The van der Waals surface area contributed by atoms with Crippen LogP contribution in [0.3, 0.4) is 0 Å². The molecular formula is C22H44O5Si2. The highest BCUT2D eigenvalue weighted by atomic mass is 28.4. The van der Waals surface area contributed by atoms with Gasteiger partial charge >= 0.3 is 5.97 Å². The average molecular weight is 445 g/mol. The van der Waals surface area contributed by atoms with Crippen molar-refractivity contribution >= 4 is 22.6 Å². The normalized spacial score (nSPS) is 29.3. The average Bonchev–Trinajstić information content (AvgIpc) is 2.47. The lowest BCUT2D eigenvalue weighted by Gasteiger charge is -2.44. The van der Waals surface area contributed by atoms with Crippen LogP contribution in [0.5, 0.6) is 0 Å². The van der Waals surface area contributed by atoms with Crippen molar-refractivity contribution in [1.29, 1.82) is 0 Å². The molecule has 0 aromatic carbocycles. The van der Waals surface area contributed by atoms with E-state index in [0.717, 1.165) is 0 Å². The Labute approximate surface area is 180 Å². The quantitative estimate of drug-likeness (QED) is 0.357. The Kier molecular flexibility index (Phi) is 8.56. The fourth-order valence-electron chi connectivity index (χ4n) is 2.68. The predicted octanol–water partition coefficient (Wildman–Crippen LogP) is 5.41. The topological polar surface area (TPSA) is 65.0 Å². The molecule has 1 aliphatic heterocycles. The molecule has 0 amide bonds. The summed E-state index contributed by atoms with van der Waals surface area (Å²) in [5, 5.41) is 10.4. The highest BCUT2D eigenvalue weighted by Crippen LogP contribution is 2.41. The van der Waals surface area contributed by atoms with Crippen molar-refractivity contribution in [1.82, 2.24) is 0 Å². The Balaban J connectivity index is 3.35. The van der Waals surface area contributed by atoms with Crippen LogP contribution in [0.15, 0.2) is 12.2 Å².